The number of alkyl halides is 2. The van der Waals surface area contributed by atoms with E-state index in [0.29, 0.717) is 25.9 Å². The van der Waals surface area contributed by atoms with Crippen LogP contribution in [-0.4, -0.2) is 40.1 Å². The fourth-order valence-electron chi connectivity index (χ4n) is 3.78. The van der Waals surface area contributed by atoms with Crippen LogP contribution in [-0.2, 0) is 0 Å². The summed E-state index contributed by atoms with van der Waals surface area (Å²) in [5, 5.41) is 0. The Morgan fingerprint density at radius 1 is 1.07 bits per heavy atom. The molecule has 1 amide bonds. The number of piperidine rings is 1. The number of rotatable bonds is 4. The Bertz CT molecular complexity index is 1050. The lowest BCUT2D eigenvalue weighted by molar-refractivity contribution is -0.0503. The Hall–Kier alpha value is -3.16. The average Bonchev–Trinajstić information content (AvgIpc) is 3.03. The van der Waals surface area contributed by atoms with E-state index in [2.05, 4.69) is 9.72 Å². The van der Waals surface area contributed by atoms with Crippen LogP contribution in [0.5, 0.6) is 5.75 Å². The minimum Gasteiger partial charge on any atom is -0.434 e. The highest BCUT2D eigenvalue weighted by Crippen LogP contribution is 2.28. The van der Waals surface area contributed by atoms with Crippen LogP contribution < -0.4 is 10.4 Å². The van der Waals surface area contributed by atoms with Gasteiger partial charge >= 0.3 is 12.3 Å². The van der Waals surface area contributed by atoms with Crippen molar-refractivity contribution in [1.82, 2.24) is 14.5 Å². The number of nitrogens with one attached hydrogen (secondary N) is 1. The van der Waals surface area contributed by atoms with E-state index in [0.717, 1.165) is 11.0 Å². The van der Waals surface area contributed by atoms with Crippen molar-refractivity contribution in [2.45, 2.75) is 25.5 Å². The average molecular weight is 387 g/mol. The smallest absolute Gasteiger partial charge is 0.387 e. The van der Waals surface area contributed by atoms with Crippen molar-refractivity contribution in [1.29, 1.82) is 0 Å². The summed E-state index contributed by atoms with van der Waals surface area (Å²) in [4.78, 5) is 29.6. The number of para-hydroxylation sites is 3. The van der Waals surface area contributed by atoms with Crippen molar-refractivity contribution in [3.8, 4) is 5.75 Å². The SMILES string of the molecule is O=C(c1ccccc1OC(F)F)N1CCC(n2c(=O)[nH]c3ccccc32)CC1. The van der Waals surface area contributed by atoms with Gasteiger partial charge < -0.3 is 14.6 Å². The van der Waals surface area contributed by atoms with E-state index in [4.69, 9.17) is 0 Å². The lowest BCUT2D eigenvalue weighted by atomic mass is 10.0. The first kappa shape index (κ1) is 18.2. The molecule has 0 spiro atoms. The zero-order chi connectivity index (χ0) is 19.7. The van der Waals surface area contributed by atoms with Crippen LogP contribution in [0.4, 0.5) is 8.78 Å². The van der Waals surface area contributed by atoms with Crippen LogP contribution >= 0.6 is 0 Å². The van der Waals surface area contributed by atoms with Gasteiger partial charge in [-0.3, -0.25) is 9.36 Å². The maximum atomic E-state index is 12.8. The van der Waals surface area contributed by atoms with Crippen molar-refractivity contribution < 1.29 is 18.3 Å². The lowest BCUT2D eigenvalue weighted by Gasteiger charge is -2.33. The predicted molar refractivity (Wildman–Crippen MR) is 99.8 cm³/mol. The first-order valence-electron chi connectivity index (χ1n) is 9.07. The van der Waals surface area contributed by atoms with Gasteiger partial charge in [-0.05, 0) is 37.1 Å². The summed E-state index contributed by atoms with van der Waals surface area (Å²) in [6, 6.07) is 13.5. The van der Waals surface area contributed by atoms with Crippen LogP contribution in [0.15, 0.2) is 53.3 Å². The Kier molecular flexibility index (Phi) is 4.85. The molecule has 3 aromatic rings. The van der Waals surface area contributed by atoms with Crippen LogP contribution in [0.3, 0.4) is 0 Å². The fourth-order valence-corrected chi connectivity index (χ4v) is 3.78. The van der Waals surface area contributed by atoms with E-state index in [1.54, 1.807) is 21.6 Å². The maximum absolute atomic E-state index is 12.8. The number of aromatic nitrogens is 2. The number of halogens is 2. The van der Waals surface area contributed by atoms with Gasteiger partial charge in [0, 0.05) is 19.1 Å². The number of likely N-dealkylation sites (tertiary alicyclic amines) is 1. The Morgan fingerprint density at radius 3 is 2.50 bits per heavy atom. The molecule has 146 valence electrons. The minimum atomic E-state index is -2.99. The van der Waals surface area contributed by atoms with Gasteiger partial charge in [0.05, 0.1) is 16.6 Å². The summed E-state index contributed by atoms with van der Waals surface area (Å²) in [7, 11) is 0. The second-order valence-electron chi connectivity index (χ2n) is 6.72. The Balaban J connectivity index is 1.51. The molecule has 2 aromatic carbocycles. The van der Waals surface area contributed by atoms with Crippen molar-refractivity contribution in [3.63, 3.8) is 0 Å². The molecule has 1 saturated heterocycles. The molecule has 0 bridgehead atoms. The molecular formula is C20H19F2N3O3. The standard InChI is InChI=1S/C20H19F2N3O3/c21-19(22)28-17-8-4-1-5-14(17)18(26)24-11-9-13(10-12-24)25-16-7-3-2-6-15(16)23-20(25)27/h1-8,13,19H,9-12H2,(H,23,27). The molecule has 0 aliphatic carbocycles. The number of imidazole rings is 1. The largest absolute Gasteiger partial charge is 0.434 e. The van der Waals surface area contributed by atoms with Crippen LogP contribution in [0, 0.1) is 0 Å². The summed E-state index contributed by atoms with van der Waals surface area (Å²) < 4.78 is 31.4. The second-order valence-corrected chi connectivity index (χ2v) is 6.72. The van der Waals surface area contributed by atoms with Crippen molar-refractivity contribution in [3.05, 3.63) is 64.6 Å². The van der Waals surface area contributed by atoms with E-state index >= 15 is 0 Å². The normalized spacial score (nSPS) is 15.3. The highest BCUT2D eigenvalue weighted by atomic mass is 19.3. The number of H-pyrrole nitrogens is 1. The number of carbonyl (C=O) groups excluding carboxylic acids is 1. The number of aromatic amines is 1. The molecule has 2 heterocycles. The van der Waals surface area contributed by atoms with Crippen LogP contribution in [0.25, 0.3) is 11.0 Å². The third kappa shape index (κ3) is 3.37. The Labute approximate surface area is 159 Å². The lowest BCUT2D eigenvalue weighted by Crippen LogP contribution is -2.40. The number of carbonyl (C=O) groups is 1. The van der Waals surface area contributed by atoms with Gasteiger partial charge in [0.25, 0.3) is 5.91 Å². The third-order valence-corrected chi connectivity index (χ3v) is 5.07. The number of ether oxygens (including phenoxy) is 1. The molecule has 28 heavy (non-hydrogen) atoms. The minimum absolute atomic E-state index is 0.0275. The van der Waals surface area contributed by atoms with Crippen molar-refractivity contribution >= 4 is 16.9 Å². The molecule has 1 aliphatic heterocycles. The zero-order valence-corrected chi connectivity index (χ0v) is 15.0. The summed E-state index contributed by atoms with van der Waals surface area (Å²) in [6.45, 7) is -2.13. The molecule has 4 rings (SSSR count). The van der Waals surface area contributed by atoms with Gasteiger partial charge in [0.1, 0.15) is 5.75 Å². The predicted octanol–water partition coefficient (Wildman–Crippen LogP) is 3.41. The summed E-state index contributed by atoms with van der Waals surface area (Å²) >= 11 is 0. The first-order chi connectivity index (χ1) is 13.5. The van der Waals surface area contributed by atoms with E-state index in [1.807, 2.05) is 24.3 Å². The highest BCUT2D eigenvalue weighted by molar-refractivity contribution is 5.97. The van der Waals surface area contributed by atoms with Crippen molar-refractivity contribution in [2.24, 2.45) is 0 Å². The number of benzene rings is 2. The molecule has 0 atom stereocenters. The number of fused-ring (bicyclic) bond motifs is 1. The molecule has 1 fully saturated rings. The summed E-state index contributed by atoms with van der Waals surface area (Å²) in [5.41, 5.74) is 1.57. The quantitative estimate of drug-likeness (QED) is 0.746. The van der Waals surface area contributed by atoms with Gasteiger partial charge in [0.2, 0.25) is 0 Å². The van der Waals surface area contributed by atoms with Crippen LogP contribution in [0.1, 0.15) is 29.2 Å². The molecule has 1 N–H and O–H groups in total. The fraction of sp³-hybridized carbons (Fsp3) is 0.300. The number of nitrogens with zero attached hydrogens (tertiary/aromatic N) is 2. The topological polar surface area (TPSA) is 67.3 Å². The van der Waals surface area contributed by atoms with Gasteiger partial charge in [-0.15, -0.1) is 0 Å². The van der Waals surface area contributed by atoms with Crippen LogP contribution in [0.2, 0.25) is 0 Å². The molecule has 0 radical (unpaired) electrons. The van der Waals surface area contributed by atoms with Crippen molar-refractivity contribution in [2.75, 3.05) is 13.1 Å². The number of hydrogen-bond donors (Lipinski definition) is 1. The third-order valence-electron chi connectivity index (χ3n) is 5.07. The van der Waals surface area contributed by atoms with E-state index < -0.39 is 6.61 Å². The number of amides is 1. The highest BCUT2D eigenvalue weighted by Gasteiger charge is 2.28. The summed E-state index contributed by atoms with van der Waals surface area (Å²) in [6.07, 6.45) is 1.21. The van der Waals surface area contributed by atoms with E-state index in [9.17, 15) is 18.4 Å². The molecular weight excluding hydrogens is 368 g/mol. The second kappa shape index (κ2) is 7.46. The van der Waals surface area contributed by atoms with Gasteiger partial charge in [-0.1, -0.05) is 24.3 Å². The van der Waals surface area contributed by atoms with Gasteiger partial charge in [-0.2, -0.15) is 8.78 Å². The zero-order valence-electron chi connectivity index (χ0n) is 15.0. The molecule has 1 aromatic heterocycles. The number of hydrogen-bond acceptors (Lipinski definition) is 3. The first-order valence-corrected chi connectivity index (χ1v) is 9.07. The van der Waals surface area contributed by atoms with Gasteiger partial charge in [-0.25, -0.2) is 4.79 Å². The maximum Gasteiger partial charge on any atom is 0.387 e. The monoisotopic (exact) mass is 387 g/mol. The van der Waals surface area contributed by atoms with E-state index in [1.165, 1.54) is 12.1 Å². The summed E-state index contributed by atoms with van der Waals surface area (Å²) in [5.74, 6) is -0.474. The Morgan fingerprint density at radius 2 is 1.75 bits per heavy atom. The van der Waals surface area contributed by atoms with Gasteiger partial charge in [0.15, 0.2) is 0 Å². The molecule has 0 saturated carbocycles. The molecule has 0 unspecified atom stereocenters. The van der Waals surface area contributed by atoms with E-state index in [-0.39, 0.29) is 29.0 Å². The molecule has 8 heteroatoms. The molecule has 6 nitrogen and oxygen atoms in total. The molecule has 1 aliphatic rings.